The number of amides is 1. The normalized spacial score (nSPS) is 12.3. The molecule has 0 aliphatic rings. The molecule has 28 heavy (non-hydrogen) atoms. The molecule has 0 radical (unpaired) electrons. The van der Waals surface area contributed by atoms with Crippen LogP contribution in [0.5, 0.6) is 0 Å². The molecule has 2 aromatic rings. The maximum atomic E-state index is 12.3. The quantitative estimate of drug-likeness (QED) is 0.559. The standard InChI is InChI=1S/C17H16Cl2N2O6S/c1-27-17(24)15(9-22)21-28(25,26)12-5-3-11(4-6-12)20-16(23)13-7-2-10(18)8-14(13)19/h2-8,15,21-22H,9H2,1H3,(H,20,23)/t15-/m1/s1. The maximum absolute atomic E-state index is 12.3. The van der Waals surface area contributed by atoms with Crippen molar-refractivity contribution in [3.8, 4) is 0 Å². The van der Waals surface area contributed by atoms with Crippen LogP contribution in [0.4, 0.5) is 5.69 Å². The molecule has 0 saturated carbocycles. The van der Waals surface area contributed by atoms with Gasteiger partial charge < -0.3 is 15.2 Å². The minimum Gasteiger partial charge on any atom is -0.468 e. The Kier molecular flexibility index (Phi) is 7.39. The Labute approximate surface area is 171 Å². The van der Waals surface area contributed by atoms with E-state index in [1.165, 1.54) is 42.5 Å². The van der Waals surface area contributed by atoms with Crippen molar-refractivity contribution in [3.63, 3.8) is 0 Å². The minimum absolute atomic E-state index is 0.169. The molecule has 1 amide bonds. The van der Waals surface area contributed by atoms with E-state index in [4.69, 9.17) is 28.3 Å². The Hall–Kier alpha value is -2.17. The smallest absolute Gasteiger partial charge is 0.326 e. The maximum Gasteiger partial charge on any atom is 0.326 e. The summed E-state index contributed by atoms with van der Waals surface area (Å²) in [5.74, 6) is -1.42. The number of anilines is 1. The number of benzene rings is 2. The number of carbonyl (C=O) groups is 2. The monoisotopic (exact) mass is 446 g/mol. The van der Waals surface area contributed by atoms with E-state index in [9.17, 15) is 18.0 Å². The highest BCUT2D eigenvalue weighted by molar-refractivity contribution is 7.89. The number of rotatable bonds is 7. The van der Waals surface area contributed by atoms with Gasteiger partial charge in [-0.25, -0.2) is 8.42 Å². The lowest BCUT2D eigenvalue weighted by Gasteiger charge is -2.14. The number of hydrogen-bond acceptors (Lipinski definition) is 6. The van der Waals surface area contributed by atoms with Crippen LogP contribution >= 0.6 is 23.2 Å². The van der Waals surface area contributed by atoms with Crippen molar-refractivity contribution in [1.29, 1.82) is 0 Å². The first-order valence-corrected chi connectivity index (χ1v) is 9.99. The third-order valence-electron chi connectivity index (χ3n) is 3.56. The van der Waals surface area contributed by atoms with Crippen LogP contribution in [-0.4, -0.2) is 45.2 Å². The molecule has 0 heterocycles. The van der Waals surface area contributed by atoms with Gasteiger partial charge in [0.2, 0.25) is 10.0 Å². The molecule has 0 aromatic heterocycles. The lowest BCUT2D eigenvalue weighted by Crippen LogP contribution is -2.43. The molecule has 0 saturated heterocycles. The van der Waals surface area contributed by atoms with E-state index in [0.717, 1.165) is 7.11 Å². The average molecular weight is 447 g/mol. The van der Waals surface area contributed by atoms with Crippen LogP contribution in [0, 0.1) is 0 Å². The summed E-state index contributed by atoms with van der Waals surface area (Å²) in [4.78, 5) is 23.5. The Bertz CT molecular complexity index is 980. The zero-order valence-corrected chi connectivity index (χ0v) is 16.8. The van der Waals surface area contributed by atoms with E-state index in [1.807, 2.05) is 4.72 Å². The van der Waals surface area contributed by atoms with Gasteiger partial charge in [0.15, 0.2) is 0 Å². The number of aliphatic hydroxyl groups excluding tert-OH is 1. The van der Waals surface area contributed by atoms with Gasteiger partial charge in [0.05, 0.1) is 29.2 Å². The summed E-state index contributed by atoms with van der Waals surface area (Å²) in [6.45, 7) is -0.762. The third-order valence-corrected chi connectivity index (χ3v) is 5.60. The Morgan fingerprint density at radius 1 is 1.14 bits per heavy atom. The fraction of sp³-hybridized carbons (Fsp3) is 0.176. The Balaban J connectivity index is 2.14. The van der Waals surface area contributed by atoms with Gasteiger partial charge in [0.1, 0.15) is 6.04 Å². The molecule has 1 atom stereocenters. The molecule has 0 aliphatic carbocycles. The van der Waals surface area contributed by atoms with Crippen LogP contribution < -0.4 is 10.0 Å². The van der Waals surface area contributed by atoms with Crippen molar-refractivity contribution in [3.05, 3.63) is 58.1 Å². The number of ether oxygens (including phenoxy) is 1. The van der Waals surface area contributed by atoms with E-state index in [1.54, 1.807) is 0 Å². The second kappa shape index (κ2) is 9.35. The lowest BCUT2D eigenvalue weighted by molar-refractivity contribution is -0.143. The second-order valence-electron chi connectivity index (χ2n) is 5.48. The summed E-state index contributed by atoms with van der Waals surface area (Å²) >= 11 is 11.8. The van der Waals surface area contributed by atoms with Gasteiger partial charge in [-0.05, 0) is 42.5 Å². The largest absolute Gasteiger partial charge is 0.468 e. The number of halogens is 2. The number of esters is 1. The molecule has 11 heteroatoms. The number of aliphatic hydroxyl groups is 1. The zero-order chi connectivity index (χ0) is 20.9. The van der Waals surface area contributed by atoms with E-state index < -0.39 is 34.5 Å². The molecule has 0 spiro atoms. The molecule has 2 aromatic carbocycles. The van der Waals surface area contributed by atoms with E-state index in [2.05, 4.69) is 10.1 Å². The van der Waals surface area contributed by atoms with Crippen LogP contribution in [-0.2, 0) is 19.6 Å². The average Bonchev–Trinajstić information content (AvgIpc) is 2.65. The van der Waals surface area contributed by atoms with Gasteiger partial charge >= 0.3 is 5.97 Å². The predicted molar refractivity (Wildman–Crippen MR) is 104 cm³/mol. The Morgan fingerprint density at radius 2 is 1.79 bits per heavy atom. The van der Waals surface area contributed by atoms with Gasteiger partial charge in [0.25, 0.3) is 5.91 Å². The highest BCUT2D eigenvalue weighted by atomic mass is 35.5. The second-order valence-corrected chi connectivity index (χ2v) is 8.04. The molecule has 0 bridgehead atoms. The molecule has 0 unspecified atom stereocenters. The van der Waals surface area contributed by atoms with Crippen LogP contribution in [0.1, 0.15) is 10.4 Å². The first kappa shape index (κ1) is 22.1. The summed E-state index contributed by atoms with van der Waals surface area (Å²) in [6, 6.07) is 8.16. The van der Waals surface area contributed by atoms with E-state index >= 15 is 0 Å². The molecule has 0 aliphatic heterocycles. The molecular formula is C17H16Cl2N2O6S. The number of sulfonamides is 1. The van der Waals surface area contributed by atoms with Gasteiger partial charge in [-0.15, -0.1) is 0 Å². The van der Waals surface area contributed by atoms with Crippen LogP contribution in [0.15, 0.2) is 47.4 Å². The molecule has 2 rings (SSSR count). The minimum atomic E-state index is -4.09. The summed E-state index contributed by atoms with van der Waals surface area (Å²) in [7, 11) is -3.02. The van der Waals surface area contributed by atoms with Crippen LogP contribution in [0.2, 0.25) is 10.0 Å². The fourth-order valence-electron chi connectivity index (χ4n) is 2.15. The molecule has 150 valence electrons. The van der Waals surface area contributed by atoms with Crippen LogP contribution in [0.3, 0.4) is 0 Å². The highest BCUT2D eigenvalue weighted by Crippen LogP contribution is 2.22. The van der Waals surface area contributed by atoms with E-state index in [-0.39, 0.29) is 15.5 Å². The number of methoxy groups -OCH3 is 1. The SMILES string of the molecule is COC(=O)[C@@H](CO)NS(=O)(=O)c1ccc(NC(=O)c2ccc(Cl)cc2Cl)cc1. The Morgan fingerprint density at radius 3 is 2.32 bits per heavy atom. The molecule has 0 fully saturated rings. The molecule has 3 N–H and O–H groups in total. The van der Waals surface area contributed by atoms with Crippen molar-refractivity contribution in [1.82, 2.24) is 4.72 Å². The number of carbonyl (C=O) groups excluding carboxylic acids is 2. The summed E-state index contributed by atoms with van der Waals surface area (Å²) in [6.07, 6.45) is 0. The van der Waals surface area contributed by atoms with Crippen molar-refractivity contribution in [2.45, 2.75) is 10.9 Å². The predicted octanol–water partition coefficient (Wildman–Crippen LogP) is 2.06. The van der Waals surface area contributed by atoms with Crippen molar-refractivity contribution in [2.24, 2.45) is 0 Å². The van der Waals surface area contributed by atoms with Crippen molar-refractivity contribution < 1.29 is 27.9 Å². The van der Waals surface area contributed by atoms with E-state index in [0.29, 0.717) is 10.7 Å². The summed E-state index contributed by atoms with van der Waals surface area (Å²) in [5.41, 5.74) is 0.523. The van der Waals surface area contributed by atoms with Gasteiger partial charge in [-0.2, -0.15) is 4.72 Å². The molecular weight excluding hydrogens is 431 g/mol. The topological polar surface area (TPSA) is 122 Å². The number of hydrogen-bond donors (Lipinski definition) is 3. The lowest BCUT2D eigenvalue weighted by atomic mass is 10.2. The highest BCUT2D eigenvalue weighted by Gasteiger charge is 2.25. The van der Waals surface area contributed by atoms with Gasteiger partial charge in [0, 0.05) is 10.7 Å². The first-order chi connectivity index (χ1) is 13.2. The fourth-order valence-corrected chi connectivity index (χ4v) is 3.82. The van der Waals surface area contributed by atoms with Gasteiger partial charge in [-0.3, -0.25) is 9.59 Å². The number of nitrogens with one attached hydrogen (secondary N) is 2. The summed E-state index contributed by atoms with van der Waals surface area (Å²) < 4.78 is 31.1. The van der Waals surface area contributed by atoms with Crippen molar-refractivity contribution >= 4 is 50.8 Å². The van der Waals surface area contributed by atoms with Gasteiger partial charge in [-0.1, -0.05) is 23.2 Å². The third kappa shape index (κ3) is 5.43. The van der Waals surface area contributed by atoms with Crippen LogP contribution in [0.25, 0.3) is 0 Å². The van der Waals surface area contributed by atoms with Crippen molar-refractivity contribution in [2.75, 3.05) is 19.0 Å². The first-order valence-electron chi connectivity index (χ1n) is 7.75. The zero-order valence-electron chi connectivity index (χ0n) is 14.5. The summed E-state index contributed by atoms with van der Waals surface area (Å²) in [5, 5.41) is 12.3. The molecule has 8 nitrogen and oxygen atoms in total.